The molecule has 72 valence electrons. The second kappa shape index (κ2) is 4.41. The van der Waals surface area contributed by atoms with E-state index in [9.17, 15) is 0 Å². The van der Waals surface area contributed by atoms with Crippen LogP contribution in [-0.4, -0.2) is 6.00 Å². The summed E-state index contributed by atoms with van der Waals surface area (Å²) >= 11 is 24.5. The Morgan fingerprint density at radius 3 is 2.08 bits per heavy atom. The monoisotopic (exact) mass is 380 g/mol. The summed E-state index contributed by atoms with van der Waals surface area (Å²) < 4.78 is 1.82. The maximum Gasteiger partial charge on any atom is 0.374 e. The van der Waals surface area contributed by atoms with Crippen molar-refractivity contribution in [2.45, 2.75) is 6.92 Å². The van der Waals surface area contributed by atoms with Gasteiger partial charge < -0.3 is 0 Å². The lowest BCUT2D eigenvalue weighted by atomic mass is 10.2. The van der Waals surface area contributed by atoms with Crippen LogP contribution in [0.15, 0.2) is 21.1 Å². The molecule has 1 aromatic carbocycles. The van der Waals surface area contributed by atoms with Gasteiger partial charge >= 0.3 is 6.00 Å². The number of aryl methyl sites for hydroxylation is 1. The van der Waals surface area contributed by atoms with Crippen LogP contribution in [0.5, 0.6) is 0 Å². The Balaban J connectivity index is 3.32. The zero-order chi connectivity index (χ0) is 10.2. The van der Waals surface area contributed by atoms with Gasteiger partial charge in [0, 0.05) is 14.1 Å². The van der Waals surface area contributed by atoms with E-state index in [4.69, 9.17) is 33.2 Å². The second-order valence-electron chi connectivity index (χ2n) is 2.58. The van der Waals surface area contributed by atoms with Gasteiger partial charge in [-0.3, -0.25) is 0 Å². The van der Waals surface area contributed by atoms with Crippen molar-refractivity contribution in [3.63, 3.8) is 0 Å². The largest absolute Gasteiger partial charge is 0.374 e. The van der Waals surface area contributed by atoms with Gasteiger partial charge in [-0.15, -0.1) is 33.2 Å². The Hall–Kier alpha value is 1.27. The SMILES string of the molecule is Cc1cc(Br)c([Si](Cl)(Cl)Cl)cc1Br. The molecule has 0 heterocycles. The summed E-state index contributed by atoms with van der Waals surface area (Å²) in [6.07, 6.45) is 0. The van der Waals surface area contributed by atoms with E-state index in [0.29, 0.717) is 0 Å². The third kappa shape index (κ3) is 3.11. The molecule has 0 unspecified atom stereocenters. The average Bonchev–Trinajstić information content (AvgIpc) is 1.94. The molecule has 0 saturated heterocycles. The number of hydrogen-bond acceptors (Lipinski definition) is 0. The third-order valence-electron chi connectivity index (χ3n) is 1.55. The maximum atomic E-state index is 5.91. The van der Waals surface area contributed by atoms with Crippen LogP contribution in [0.1, 0.15) is 5.56 Å². The smallest absolute Gasteiger partial charge is 0.121 e. The van der Waals surface area contributed by atoms with Crippen molar-refractivity contribution in [3.05, 3.63) is 26.6 Å². The molecule has 1 aromatic rings. The highest BCUT2D eigenvalue weighted by atomic mass is 79.9. The first kappa shape index (κ1) is 12.3. The van der Waals surface area contributed by atoms with E-state index in [0.717, 1.165) is 19.7 Å². The topological polar surface area (TPSA) is 0 Å². The van der Waals surface area contributed by atoms with Gasteiger partial charge in [-0.25, -0.2) is 0 Å². The molecule has 6 heteroatoms. The van der Waals surface area contributed by atoms with E-state index in [1.165, 1.54) is 0 Å². The van der Waals surface area contributed by atoms with Crippen LogP contribution < -0.4 is 5.19 Å². The summed E-state index contributed by atoms with van der Waals surface area (Å²) in [5, 5.41) is 0.773. The lowest BCUT2D eigenvalue weighted by Gasteiger charge is -2.12. The highest BCUT2D eigenvalue weighted by Gasteiger charge is 2.30. The lowest BCUT2D eigenvalue weighted by Crippen LogP contribution is -2.31. The molecule has 0 saturated carbocycles. The number of halogens is 5. The van der Waals surface area contributed by atoms with Crippen LogP contribution in [0.25, 0.3) is 0 Å². The Morgan fingerprint density at radius 1 is 1.08 bits per heavy atom. The summed E-state index contributed by atoms with van der Waals surface area (Å²) in [6.45, 7) is 1.98. The molecule has 0 bridgehead atoms. The van der Waals surface area contributed by atoms with Crippen LogP contribution >= 0.6 is 65.1 Å². The minimum Gasteiger partial charge on any atom is -0.121 e. The third-order valence-corrected chi connectivity index (χ3v) is 6.29. The normalized spacial score (nSPS) is 11.8. The average molecular weight is 383 g/mol. The molecule has 0 atom stereocenters. The van der Waals surface area contributed by atoms with E-state index < -0.39 is 6.00 Å². The van der Waals surface area contributed by atoms with E-state index in [2.05, 4.69) is 31.9 Å². The lowest BCUT2D eigenvalue weighted by molar-refractivity contribution is 1.43. The molecule has 0 amide bonds. The van der Waals surface area contributed by atoms with Crippen LogP contribution in [0.4, 0.5) is 0 Å². The number of hydrogen-bond donors (Lipinski definition) is 0. The standard InChI is InChI=1S/C7H5Br2Cl3Si/c1-4-2-6(9)7(3-5(4)8)13(10,11)12/h2-3H,1H3. The highest BCUT2D eigenvalue weighted by Crippen LogP contribution is 2.27. The van der Waals surface area contributed by atoms with Gasteiger partial charge in [0.05, 0.1) is 0 Å². The van der Waals surface area contributed by atoms with E-state index in [1.54, 1.807) is 0 Å². The second-order valence-corrected chi connectivity index (χ2v) is 12.7. The fourth-order valence-corrected chi connectivity index (χ4v) is 5.85. The first-order chi connectivity index (χ1) is 5.82. The molecule has 0 radical (unpaired) electrons. The summed E-state index contributed by atoms with van der Waals surface area (Å²) in [7, 11) is 0. The molecule has 13 heavy (non-hydrogen) atoms. The van der Waals surface area contributed by atoms with Crippen LogP contribution in [0, 0.1) is 6.92 Å². The first-order valence-electron chi connectivity index (χ1n) is 3.35. The van der Waals surface area contributed by atoms with Crippen molar-refractivity contribution in [1.29, 1.82) is 0 Å². The van der Waals surface area contributed by atoms with Crippen molar-refractivity contribution in [2.24, 2.45) is 0 Å². The summed E-state index contributed by atoms with van der Waals surface area (Å²) in [5.74, 6) is 0. The minimum atomic E-state index is -2.79. The molecule has 0 fully saturated rings. The number of rotatable bonds is 1. The maximum absolute atomic E-state index is 5.91. The zero-order valence-electron chi connectivity index (χ0n) is 6.54. The van der Waals surface area contributed by atoms with Gasteiger partial charge in [0.2, 0.25) is 0 Å². The van der Waals surface area contributed by atoms with Crippen molar-refractivity contribution in [2.75, 3.05) is 0 Å². The predicted molar refractivity (Wildman–Crippen MR) is 69.5 cm³/mol. The Morgan fingerprint density at radius 2 is 1.62 bits per heavy atom. The van der Waals surface area contributed by atoms with Gasteiger partial charge in [-0.05, 0) is 24.6 Å². The van der Waals surface area contributed by atoms with Gasteiger partial charge in [-0.2, -0.15) is 0 Å². The Labute approximate surface area is 109 Å². The highest BCUT2D eigenvalue weighted by molar-refractivity contribution is 9.11. The van der Waals surface area contributed by atoms with Crippen LogP contribution in [0.3, 0.4) is 0 Å². The summed E-state index contributed by atoms with van der Waals surface area (Å²) in [6, 6.07) is 1.01. The number of benzene rings is 1. The predicted octanol–water partition coefficient (Wildman–Crippen LogP) is 4.38. The van der Waals surface area contributed by atoms with Crippen molar-refractivity contribution in [1.82, 2.24) is 0 Å². The Bertz CT molecular complexity index is 335. The van der Waals surface area contributed by atoms with Gasteiger partial charge in [0.25, 0.3) is 0 Å². The van der Waals surface area contributed by atoms with Crippen molar-refractivity contribution < 1.29 is 0 Å². The molecule has 0 N–H and O–H groups in total. The molecule has 1 rings (SSSR count). The molecule has 0 aliphatic carbocycles. The van der Waals surface area contributed by atoms with Crippen molar-refractivity contribution in [3.8, 4) is 0 Å². The molecule has 0 aliphatic rings. The van der Waals surface area contributed by atoms with E-state index >= 15 is 0 Å². The zero-order valence-corrected chi connectivity index (χ0v) is 13.0. The molecule has 0 nitrogen and oxygen atoms in total. The van der Waals surface area contributed by atoms with Gasteiger partial charge in [0.1, 0.15) is 0 Å². The van der Waals surface area contributed by atoms with Gasteiger partial charge in [-0.1, -0.05) is 31.9 Å². The Kier molecular flexibility index (Phi) is 4.19. The molecule has 0 spiro atoms. The van der Waals surface area contributed by atoms with E-state index in [1.807, 2.05) is 19.1 Å². The summed E-state index contributed by atoms with van der Waals surface area (Å²) in [5.41, 5.74) is 1.11. The fourth-order valence-electron chi connectivity index (χ4n) is 0.864. The minimum absolute atomic E-state index is 0.773. The first-order valence-corrected chi connectivity index (χ1v) is 9.97. The van der Waals surface area contributed by atoms with E-state index in [-0.39, 0.29) is 0 Å². The molecular formula is C7H5Br2Cl3Si. The fraction of sp³-hybridized carbons (Fsp3) is 0.143. The summed E-state index contributed by atoms with van der Waals surface area (Å²) in [4.78, 5) is 0. The van der Waals surface area contributed by atoms with Crippen molar-refractivity contribution >= 4 is 76.3 Å². The molecule has 0 aromatic heterocycles. The van der Waals surface area contributed by atoms with Gasteiger partial charge in [0.15, 0.2) is 0 Å². The molecule has 0 aliphatic heterocycles. The quantitative estimate of drug-likeness (QED) is 0.499. The van der Waals surface area contributed by atoms with Crippen LogP contribution in [-0.2, 0) is 0 Å². The van der Waals surface area contributed by atoms with Crippen LogP contribution in [0.2, 0.25) is 0 Å². The molecular weight excluding hydrogens is 378 g/mol.